The van der Waals surface area contributed by atoms with E-state index in [1.807, 2.05) is 0 Å². The van der Waals surface area contributed by atoms with Crippen molar-refractivity contribution in [3.8, 4) is 6.07 Å². The SMILES string of the molecule is CCSc1cccc(N2CCN(CC)C(C)C2)c1C#N. The zero-order chi connectivity index (χ0) is 14.5. The summed E-state index contributed by atoms with van der Waals surface area (Å²) in [5.41, 5.74) is 1.95. The molecular weight excluding hydrogens is 266 g/mol. The maximum absolute atomic E-state index is 9.52. The molecule has 1 unspecified atom stereocenters. The Labute approximate surface area is 126 Å². The van der Waals surface area contributed by atoms with Gasteiger partial charge in [0.15, 0.2) is 0 Å². The van der Waals surface area contributed by atoms with Crippen molar-refractivity contribution in [2.24, 2.45) is 0 Å². The van der Waals surface area contributed by atoms with Crippen molar-refractivity contribution < 1.29 is 0 Å². The summed E-state index contributed by atoms with van der Waals surface area (Å²) in [6.07, 6.45) is 0. The van der Waals surface area contributed by atoms with Crippen LogP contribution in [0.3, 0.4) is 0 Å². The van der Waals surface area contributed by atoms with Crippen molar-refractivity contribution in [2.45, 2.75) is 31.7 Å². The van der Waals surface area contributed by atoms with Crippen LogP contribution in [0.4, 0.5) is 5.69 Å². The van der Waals surface area contributed by atoms with E-state index in [0.717, 1.165) is 48.1 Å². The first-order chi connectivity index (χ1) is 9.71. The van der Waals surface area contributed by atoms with Gasteiger partial charge in [-0.05, 0) is 31.4 Å². The van der Waals surface area contributed by atoms with Gasteiger partial charge in [-0.2, -0.15) is 5.26 Å². The highest BCUT2D eigenvalue weighted by Crippen LogP contribution is 2.31. The molecule has 2 rings (SSSR count). The lowest BCUT2D eigenvalue weighted by molar-refractivity contribution is 0.199. The zero-order valence-corrected chi connectivity index (χ0v) is 13.4. The van der Waals surface area contributed by atoms with Crippen LogP contribution in [0.15, 0.2) is 23.1 Å². The van der Waals surface area contributed by atoms with Crippen LogP contribution in [0.5, 0.6) is 0 Å². The summed E-state index contributed by atoms with van der Waals surface area (Å²) in [5, 5.41) is 9.52. The minimum atomic E-state index is 0.544. The number of hydrogen-bond acceptors (Lipinski definition) is 4. The van der Waals surface area contributed by atoms with Crippen LogP contribution in [0, 0.1) is 11.3 Å². The van der Waals surface area contributed by atoms with Crippen LogP contribution in [0.25, 0.3) is 0 Å². The third-order valence-electron chi connectivity index (χ3n) is 3.93. The Balaban J connectivity index is 2.25. The van der Waals surface area contributed by atoms with E-state index in [1.165, 1.54) is 0 Å². The summed E-state index contributed by atoms with van der Waals surface area (Å²) in [7, 11) is 0. The van der Waals surface area contributed by atoms with Crippen LogP contribution in [0.2, 0.25) is 0 Å². The molecule has 3 nitrogen and oxygen atoms in total. The van der Waals surface area contributed by atoms with Gasteiger partial charge in [0.1, 0.15) is 6.07 Å². The minimum Gasteiger partial charge on any atom is -0.368 e. The fourth-order valence-electron chi connectivity index (χ4n) is 2.86. The Morgan fingerprint density at radius 2 is 2.15 bits per heavy atom. The van der Waals surface area contributed by atoms with Crippen LogP contribution < -0.4 is 4.90 Å². The van der Waals surface area contributed by atoms with E-state index < -0.39 is 0 Å². The molecule has 0 spiro atoms. The Kier molecular flexibility index (Phi) is 5.33. The minimum absolute atomic E-state index is 0.544. The predicted octanol–water partition coefficient (Wildman–Crippen LogP) is 3.20. The fraction of sp³-hybridized carbons (Fsp3) is 0.562. The third-order valence-corrected chi connectivity index (χ3v) is 4.87. The third kappa shape index (κ3) is 3.11. The molecule has 0 amide bonds. The molecule has 1 fully saturated rings. The van der Waals surface area contributed by atoms with Gasteiger partial charge in [0.25, 0.3) is 0 Å². The Bertz CT molecular complexity index is 495. The summed E-state index contributed by atoms with van der Waals surface area (Å²) in [6.45, 7) is 10.8. The highest BCUT2D eigenvalue weighted by molar-refractivity contribution is 7.99. The molecule has 0 aliphatic carbocycles. The molecule has 1 heterocycles. The van der Waals surface area contributed by atoms with Gasteiger partial charge >= 0.3 is 0 Å². The van der Waals surface area contributed by atoms with Gasteiger partial charge in [0.2, 0.25) is 0 Å². The quantitative estimate of drug-likeness (QED) is 0.796. The summed E-state index contributed by atoms with van der Waals surface area (Å²) in [6, 6.07) is 9.18. The van der Waals surface area contributed by atoms with E-state index in [1.54, 1.807) is 11.8 Å². The molecule has 0 saturated carbocycles. The molecule has 1 saturated heterocycles. The van der Waals surface area contributed by atoms with Crippen molar-refractivity contribution in [1.82, 2.24) is 4.90 Å². The Morgan fingerprint density at radius 3 is 2.75 bits per heavy atom. The lowest BCUT2D eigenvalue weighted by Gasteiger charge is -2.40. The first-order valence-corrected chi connectivity index (χ1v) is 8.34. The number of hydrogen-bond donors (Lipinski definition) is 0. The number of benzene rings is 1. The number of anilines is 1. The van der Waals surface area contributed by atoms with Crippen LogP contribution in [-0.4, -0.2) is 42.9 Å². The molecule has 4 heteroatoms. The van der Waals surface area contributed by atoms with Gasteiger partial charge < -0.3 is 4.90 Å². The zero-order valence-electron chi connectivity index (χ0n) is 12.6. The van der Waals surface area contributed by atoms with Crippen LogP contribution in [-0.2, 0) is 0 Å². The van der Waals surface area contributed by atoms with E-state index in [4.69, 9.17) is 0 Å². The molecule has 0 N–H and O–H groups in total. The maximum atomic E-state index is 9.52. The van der Waals surface area contributed by atoms with Gasteiger partial charge in [-0.3, -0.25) is 4.90 Å². The van der Waals surface area contributed by atoms with E-state index in [9.17, 15) is 5.26 Å². The van der Waals surface area contributed by atoms with E-state index >= 15 is 0 Å². The molecule has 108 valence electrons. The average Bonchev–Trinajstić information content (AvgIpc) is 2.47. The fourth-order valence-corrected chi connectivity index (χ4v) is 3.64. The molecule has 0 radical (unpaired) electrons. The van der Waals surface area contributed by atoms with Crippen molar-refractivity contribution in [2.75, 3.05) is 36.8 Å². The van der Waals surface area contributed by atoms with Gasteiger partial charge in [0, 0.05) is 30.6 Å². The monoisotopic (exact) mass is 289 g/mol. The highest BCUT2D eigenvalue weighted by Gasteiger charge is 2.24. The molecular formula is C16H23N3S. The molecule has 1 aromatic carbocycles. The molecule has 1 aromatic rings. The van der Waals surface area contributed by atoms with Crippen molar-refractivity contribution in [3.63, 3.8) is 0 Å². The van der Waals surface area contributed by atoms with Gasteiger partial charge in [0.05, 0.1) is 11.3 Å². The number of nitriles is 1. The molecule has 1 aliphatic rings. The lowest BCUT2D eigenvalue weighted by atomic mass is 10.1. The normalized spacial score (nSPS) is 19.9. The first-order valence-electron chi connectivity index (χ1n) is 7.36. The van der Waals surface area contributed by atoms with E-state index in [-0.39, 0.29) is 0 Å². The Hall–Kier alpha value is -1.18. The van der Waals surface area contributed by atoms with Crippen molar-refractivity contribution in [1.29, 1.82) is 5.26 Å². The number of likely N-dealkylation sites (N-methyl/N-ethyl adjacent to an activating group) is 1. The Morgan fingerprint density at radius 1 is 1.35 bits per heavy atom. The van der Waals surface area contributed by atoms with Crippen molar-refractivity contribution >= 4 is 17.4 Å². The van der Waals surface area contributed by atoms with Gasteiger partial charge in [-0.15, -0.1) is 11.8 Å². The second-order valence-electron chi connectivity index (χ2n) is 5.12. The van der Waals surface area contributed by atoms with E-state index in [0.29, 0.717) is 6.04 Å². The standard InChI is InChI=1S/C16H23N3S/c1-4-18-9-10-19(12-13(18)3)15-7-6-8-16(20-5-2)14(15)11-17/h6-8,13H,4-5,9-10,12H2,1-3H3. The highest BCUT2D eigenvalue weighted by atomic mass is 32.2. The molecule has 1 aliphatic heterocycles. The second-order valence-corrected chi connectivity index (χ2v) is 6.42. The van der Waals surface area contributed by atoms with Crippen molar-refractivity contribution in [3.05, 3.63) is 23.8 Å². The summed E-state index contributed by atoms with van der Waals surface area (Å²) >= 11 is 1.75. The molecule has 20 heavy (non-hydrogen) atoms. The summed E-state index contributed by atoms with van der Waals surface area (Å²) in [5.74, 6) is 0.998. The van der Waals surface area contributed by atoms with Gasteiger partial charge in [-0.25, -0.2) is 0 Å². The van der Waals surface area contributed by atoms with Gasteiger partial charge in [-0.1, -0.05) is 19.9 Å². The predicted molar refractivity (Wildman–Crippen MR) is 86.5 cm³/mol. The summed E-state index contributed by atoms with van der Waals surface area (Å²) < 4.78 is 0. The maximum Gasteiger partial charge on any atom is 0.103 e. The number of thioether (sulfide) groups is 1. The number of rotatable bonds is 4. The lowest BCUT2D eigenvalue weighted by Crippen LogP contribution is -2.51. The van der Waals surface area contributed by atoms with Crippen LogP contribution >= 0.6 is 11.8 Å². The molecule has 0 aromatic heterocycles. The molecule has 0 bridgehead atoms. The first kappa shape index (κ1) is 15.2. The number of nitrogens with zero attached hydrogens (tertiary/aromatic N) is 3. The van der Waals surface area contributed by atoms with E-state index in [2.05, 4.69) is 54.8 Å². The second kappa shape index (κ2) is 7.01. The molecule has 1 atom stereocenters. The smallest absolute Gasteiger partial charge is 0.103 e. The summed E-state index contributed by atoms with van der Waals surface area (Å²) in [4.78, 5) is 5.97. The number of piperazine rings is 1. The van der Waals surface area contributed by atoms with Crippen LogP contribution in [0.1, 0.15) is 26.3 Å². The topological polar surface area (TPSA) is 30.3 Å². The largest absolute Gasteiger partial charge is 0.368 e. The average molecular weight is 289 g/mol.